The van der Waals surface area contributed by atoms with Crippen LogP contribution in [-0.2, 0) is 14.6 Å². The highest BCUT2D eigenvalue weighted by Crippen LogP contribution is 2.47. The Hall–Kier alpha value is -2.21. The minimum Gasteiger partial charge on any atom is -0.326 e. The molecule has 5 nitrogen and oxygen atoms in total. The van der Waals surface area contributed by atoms with Gasteiger partial charge in [0.25, 0.3) is 0 Å². The predicted molar refractivity (Wildman–Crippen MR) is 87.9 cm³/mol. The molecule has 1 heterocycles. The Morgan fingerprint density at radius 2 is 2.00 bits per heavy atom. The molecule has 0 radical (unpaired) electrons. The third-order valence-corrected chi connectivity index (χ3v) is 5.85. The maximum absolute atomic E-state index is 12.2. The molecule has 1 saturated carbocycles. The lowest BCUT2D eigenvalue weighted by Crippen LogP contribution is -2.14. The molecular weight excluding hydrogens is 312 g/mol. The average molecular weight is 330 g/mol. The Balaban J connectivity index is 1.63. The van der Waals surface area contributed by atoms with Gasteiger partial charge in [0, 0.05) is 24.0 Å². The SMILES string of the molecule is CCS(=O)(=O)c1ccc(NC(=O)[C@@H]2C[C@H]2c2cccnc2)cc1. The van der Waals surface area contributed by atoms with E-state index >= 15 is 0 Å². The summed E-state index contributed by atoms with van der Waals surface area (Å²) in [4.78, 5) is 16.6. The number of rotatable bonds is 5. The molecule has 1 aromatic heterocycles. The molecule has 1 fully saturated rings. The van der Waals surface area contributed by atoms with Crippen molar-refractivity contribution in [2.24, 2.45) is 5.92 Å². The standard InChI is InChI=1S/C17H18N2O3S/c1-2-23(21,22)14-7-5-13(6-8-14)19-17(20)16-10-15(16)12-4-3-9-18-11-12/h3-9,11,15-16H,2,10H2,1H3,(H,19,20)/t15-,16+/m0/s1. The molecule has 2 atom stereocenters. The van der Waals surface area contributed by atoms with Crippen LogP contribution in [0.25, 0.3) is 0 Å². The van der Waals surface area contributed by atoms with E-state index in [1.54, 1.807) is 31.5 Å². The van der Waals surface area contributed by atoms with Crippen LogP contribution in [0, 0.1) is 5.92 Å². The van der Waals surface area contributed by atoms with E-state index in [0.717, 1.165) is 12.0 Å². The molecule has 2 aromatic rings. The normalized spacial score (nSPS) is 20.0. The summed E-state index contributed by atoms with van der Waals surface area (Å²) in [6.45, 7) is 1.61. The first-order valence-corrected chi connectivity index (χ1v) is 9.20. The van der Waals surface area contributed by atoms with Gasteiger partial charge >= 0.3 is 0 Å². The first-order chi connectivity index (χ1) is 11.0. The number of carbonyl (C=O) groups is 1. The predicted octanol–water partition coefficient (Wildman–Crippen LogP) is 2.62. The first-order valence-electron chi connectivity index (χ1n) is 7.55. The van der Waals surface area contributed by atoms with Crippen LogP contribution in [0.4, 0.5) is 5.69 Å². The van der Waals surface area contributed by atoms with E-state index in [4.69, 9.17) is 0 Å². The molecule has 3 rings (SSSR count). The van der Waals surface area contributed by atoms with Gasteiger partial charge < -0.3 is 5.32 Å². The van der Waals surface area contributed by atoms with Gasteiger partial charge in [-0.2, -0.15) is 0 Å². The second-order valence-corrected chi connectivity index (χ2v) is 7.93. The van der Waals surface area contributed by atoms with Crippen LogP contribution >= 0.6 is 0 Å². The molecule has 6 heteroatoms. The number of hydrogen-bond donors (Lipinski definition) is 1. The van der Waals surface area contributed by atoms with E-state index in [1.807, 2.05) is 12.1 Å². The van der Waals surface area contributed by atoms with E-state index < -0.39 is 9.84 Å². The molecule has 1 N–H and O–H groups in total. The number of nitrogens with zero attached hydrogens (tertiary/aromatic N) is 1. The summed E-state index contributed by atoms with van der Waals surface area (Å²) in [5.41, 5.74) is 1.69. The third-order valence-electron chi connectivity index (χ3n) is 4.10. The van der Waals surface area contributed by atoms with Gasteiger partial charge in [-0.15, -0.1) is 0 Å². The third kappa shape index (κ3) is 3.42. The minimum atomic E-state index is -3.21. The van der Waals surface area contributed by atoms with E-state index in [2.05, 4.69) is 10.3 Å². The summed E-state index contributed by atoms with van der Waals surface area (Å²) in [7, 11) is -3.21. The molecular formula is C17H18N2O3S. The fourth-order valence-corrected chi connectivity index (χ4v) is 3.48. The van der Waals surface area contributed by atoms with E-state index in [1.165, 1.54) is 12.1 Å². The van der Waals surface area contributed by atoms with Crippen molar-refractivity contribution >= 4 is 21.4 Å². The van der Waals surface area contributed by atoms with Crippen molar-refractivity contribution in [1.29, 1.82) is 0 Å². The van der Waals surface area contributed by atoms with Gasteiger partial charge in [0.15, 0.2) is 9.84 Å². The summed E-state index contributed by atoms with van der Waals surface area (Å²) < 4.78 is 23.5. The van der Waals surface area contributed by atoms with Crippen LogP contribution in [0.5, 0.6) is 0 Å². The van der Waals surface area contributed by atoms with Crippen LogP contribution in [0.15, 0.2) is 53.7 Å². The highest BCUT2D eigenvalue weighted by atomic mass is 32.2. The summed E-state index contributed by atoms with van der Waals surface area (Å²) >= 11 is 0. The summed E-state index contributed by atoms with van der Waals surface area (Å²) in [6, 6.07) is 10.2. The number of nitrogens with one attached hydrogen (secondary N) is 1. The lowest BCUT2D eigenvalue weighted by molar-refractivity contribution is -0.117. The highest BCUT2D eigenvalue weighted by Gasteiger charge is 2.44. The number of sulfone groups is 1. The molecule has 120 valence electrons. The molecule has 1 aliphatic rings. The maximum Gasteiger partial charge on any atom is 0.228 e. The lowest BCUT2D eigenvalue weighted by atomic mass is 10.1. The zero-order valence-corrected chi connectivity index (χ0v) is 13.6. The van der Waals surface area contributed by atoms with Crippen molar-refractivity contribution in [1.82, 2.24) is 4.98 Å². The smallest absolute Gasteiger partial charge is 0.228 e. The number of hydrogen-bond acceptors (Lipinski definition) is 4. The van der Waals surface area contributed by atoms with E-state index in [-0.39, 0.29) is 28.4 Å². The summed E-state index contributed by atoms with van der Waals surface area (Å²) in [5.74, 6) is 0.208. The van der Waals surface area contributed by atoms with Crippen LogP contribution in [0.1, 0.15) is 24.8 Å². The van der Waals surface area contributed by atoms with E-state index in [0.29, 0.717) is 5.69 Å². The lowest BCUT2D eigenvalue weighted by Gasteiger charge is -2.06. The van der Waals surface area contributed by atoms with Crippen molar-refractivity contribution in [3.63, 3.8) is 0 Å². The number of anilines is 1. The topological polar surface area (TPSA) is 76.1 Å². The molecule has 0 unspecified atom stereocenters. The summed E-state index contributed by atoms with van der Waals surface area (Å²) in [6.07, 6.45) is 4.33. The zero-order chi connectivity index (χ0) is 16.4. The number of carbonyl (C=O) groups excluding carboxylic acids is 1. The fourth-order valence-electron chi connectivity index (χ4n) is 2.60. The number of aromatic nitrogens is 1. The molecule has 0 aliphatic heterocycles. The number of benzene rings is 1. The van der Waals surface area contributed by atoms with Crippen LogP contribution in [0.3, 0.4) is 0 Å². The van der Waals surface area contributed by atoms with Gasteiger partial charge in [0.2, 0.25) is 5.91 Å². The van der Waals surface area contributed by atoms with Gasteiger partial charge in [-0.1, -0.05) is 13.0 Å². The number of pyridine rings is 1. The Labute approximate surface area is 135 Å². The Morgan fingerprint density at radius 1 is 1.26 bits per heavy atom. The zero-order valence-electron chi connectivity index (χ0n) is 12.8. The maximum atomic E-state index is 12.2. The molecule has 1 amide bonds. The molecule has 0 spiro atoms. The molecule has 1 aliphatic carbocycles. The Bertz CT molecular complexity index is 801. The van der Waals surface area contributed by atoms with Crippen LogP contribution < -0.4 is 5.32 Å². The molecule has 23 heavy (non-hydrogen) atoms. The van der Waals surface area contributed by atoms with Gasteiger partial charge in [0.05, 0.1) is 10.6 Å². The fraction of sp³-hybridized carbons (Fsp3) is 0.294. The van der Waals surface area contributed by atoms with E-state index in [9.17, 15) is 13.2 Å². The quantitative estimate of drug-likeness (QED) is 0.914. The Kier molecular flexibility index (Phi) is 4.17. The molecule has 0 saturated heterocycles. The largest absolute Gasteiger partial charge is 0.326 e. The molecule has 1 aromatic carbocycles. The van der Waals surface area contributed by atoms with Gasteiger partial charge in [-0.25, -0.2) is 8.42 Å². The Morgan fingerprint density at radius 3 is 2.61 bits per heavy atom. The average Bonchev–Trinajstić information content (AvgIpc) is 3.37. The minimum absolute atomic E-state index is 0.0371. The van der Waals surface area contributed by atoms with Crippen molar-refractivity contribution in [2.75, 3.05) is 11.1 Å². The monoisotopic (exact) mass is 330 g/mol. The van der Waals surface area contributed by atoms with Gasteiger partial charge in [-0.3, -0.25) is 9.78 Å². The summed E-state index contributed by atoms with van der Waals surface area (Å²) in [5, 5.41) is 2.85. The molecule has 0 bridgehead atoms. The first kappa shape index (κ1) is 15.7. The van der Waals surface area contributed by atoms with Crippen molar-refractivity contribution in [2.45, 2.75) is 24.2 Å². The van der Waals surface area contributed by atoms with Gasteiger partial charge in [-0.05, 0) is 48.2 Å². The van der Waals surface area contributed by atoms with Gasteiger partial charge in [0.1, 0.15) is 0 Å². The van der Waals surface area contributed by atoms with Crippen molar-refractivity contribution < 1.29 is 13.2 Å². The van der Waals surface area contributed by atoms with Crippen molar-refractivity contribution in [3.05, 3.63) is 54.4 Å². The van der Waals surface area contributed by atoms with Crippen LogP contribution in [0.2, 0.25) is 0 Å². The highest BCUT2D eigenvalue weighted by molar-refractivity contribution is 7.91. The van der Waals surface area contributed by atoms with Crippen LogP contribution in [-0.4, -0.2) is 25.1 Å². The second kappa shape index (κ2) is 6.12. The van der Waals surface area contributed by atoms with Crippen molar-refractivity contribution in [3.8, 4) is 0 Å². The number of amides is 1. The second-order valence-electron chi connectivity index (χ2n) is 5.65.